The summed E-state index contributed by atoms with van der Waals surface area (Å²) in [5, 5.41) is 24.0. The van der Waals surface area contributed by atoms with Crippen LogP contribution in [0.2, 0.25) is 5.02 Å². The second-order valence-corrected chi connectivity index (χ2v) is 8.39. The molecule has 11 heteroatoms. The van der Waals surface area contributed by atoms with E-state index >= 15 is 0 Å². The summed E-state index contributed by atoms with van der Waals surface area (Å²) in [7, 11) is 0. The van der Waals surface area contributed by atoms with Crippen LogP contribution in [0.25, 0.3) is 0 Å². The molecule has 0 bridgehead atoms. The number of amides is 2. The number of carbonyl (C=O) groups excluding carboxylic acids is 2. The minimum atomic E-state index is -1.03. The van der Waals surface area contributed by atoms with Crippen LogP contribution in [0.1, 0.15) is 46.4 Å². The summed E-state index contributed by atoms with van der Waals surface area (Å²) in [6.07, 6.45) is 0. The number of anilines is 1. The number of nitrogens with zero attached hydrogens (tertiary/aromatic N) is 3. The lowest BCUT2D eigenvalue weighted by atomic mass is 10.2. The number of nitrogens with one attached hydrogen (secondary N) is 2. The zero-order chi connectivity index (χ0) is 24.0. The summed E-state index contributed by atoms with van der Waals surface area (Å²) >= 11 is 7.09. The zero-order valence-corrected chi connectivity index (χ0v) is 19.5. The number of benzene rings is 2. The van der Waals surface area contributed by atoms with Crippen LogP contribution in [-0.4, -0.2) is 43.4 Å². The van der Waals surface area contributed by atoms with E-state index in [1.807, 2.05) is 18.4 Å². The lowest BCUT2D eigenvalue weighted by Gasteiger charge is -2.15. The lowest BCUT2D eigenvalue weighted by Crippen LogP contribution is -2.28. The predicted molar refractivity (Wildman–Crippen MR) is 126 cm³/mol. The molecule has 172 valence electrons. The maximum Gasteiger partial charge on any atom is 0.335 e. The van der Waals surface area contributed by atoms with E-state index in [-0.39, 0.29) is 23.1 Å². The van der Waals surface area contributed by atoms with Crippen molar-refractivity contribution in [2.75, 3.05) is 11.1 Å². The molecule has 33 heavy (non-hydrogen) atoms. The Hall–Kier alpha value is -3.37. The number of carboxylic acids is 1. The second-order valence-electron chi connectivity index (χ2n) is 7.01. The monoisotopic (exact) mass is 487 g/mol. The Morgan fingerprint density at radius 2 is 1.70 bits per heavy atom. The molecule has 3 aromatic rings. The molecule has 1 aromatic heterocycles. The normalized spacial score (nSPS) is 11.6. The van der Waals surface area contributed by atoms with E-state index in [0.29, 0.717) is 33.8 Å². The summed E-state index contributed by atoms with van der Waals surface area (Å²) in [5.41, 5.74) is 1.13. The van der Waals surface area contributed by atoms with Gasteiger partial charge in [0.05, 0.1) is 17.4 Å². The third-order valence-electron chi connectivity index (χ3n) is 4.65. The van der Waals surface area contributed by atoms with Crippen LogP contribution in [0.5, 0.6) is 0 Å². The molecule has 1 heterocycles. The molecular formula is C22H22ClN5O4S. The average molecular weight is 488 g/mol. The molecule has 0 saturated carbocycles. The molecule has 0 aliphatic heterocycles. The number of rotatable bonds is 9. The Bertz CT molecular complexity index is 1150. The summed E-state index contributed by atoms with van der Waals surface area (Å²) in [6, 6.07) is 12.1. The fraction of sp³-hybridized carbons (Fsp3) is 0.227. The van der Waals surface area contributed by atoms with Crippen molar-refractivity contribution < 1.29 is 19.5 Å². The van der Waals surface area contributed by atoms with Gasteiger partial charge in [0.1, 0.15) is 0 Å². The number of hydrogen-bond donors (Lipinski definition) is 3. The van der Waals surface area contributed by atoms with E-state index in [1.54, 1.807) is 24.3 Å². The molecule has 1 atom stereocenters. The summed E-state index contributed by atoms with van der Waals surface area (Å²) < 4.78 is 1.84. The maximum atomic E-state index is 12.5. The third-order valence-corrected chi connectivity index (χ3v) is 5.87. The zero-order valence-electron chi connectivity index (χ0n) is 17.9. The highest BCUT2D eigenvalue weighted by Crippen LogP contribution is 2.21. The Morgan fingerprint density at radius 1 is 1.06 bits per heavy atom. The van der Waals surface area contributed by atoms with Gasteiger partial charge in [0.25, 0.3) is 5.91 Å². The molecule has 9 nitrogen and oxygen atoms in total. The fourth-order valence-electron chi connectivity index (χ4n) is 2.99. The SMILES string of the molecule is CCn1c(SCC(=O)Nc2ccc(C(=O)O)cc2)nnc1[C@@H](C)NC(=O)c1ccc(Cl)cc1. The van der Waals surface area contributed by atoms with Gasteiger partial charge >= 0.3 is 5.97 Å². The van der Waals surface area contributed by atoms with Crippen LogP contribution in [0.3, 0.4) is 0 Å². The number of aromatic nitrogens is 3. The Kier molecular flexibility index (Phi) is 8.07. The van der Waals surface area contributed by atoms with Crippen LogP contribution in [0.4, 0.5) is 5.69 Å². The molecule has 2 amide bonds. The quantitative estimate of drug-likeness (QED) is 0.391. The summed E-state index contributed by atoms with van der Waals surface area (Å²) in [4.78, 5) is 35.7. The first kappa shape index (κ1) is 24.3. The van der Waals surface area contributed by atoms with Gasteiger partial charge in [-0.15, -0.1) is 10.2 Å². The number of halogens is 1. The molecule has 0 spiro atoms. The topological polar surface area (TPSA) is 126 Å². The van der Waals surface area contributed by atoms with E-state index in [1.165, 1.54) is 36.0 Å². The van der Waals surface area contributed by atoms with Gasteiger partial charge < -0.3 is 20.3 Å². The highest BCUT2D eigenvalue weighted by atomic mass is 35.5. The smallest absolute Gasteiger partial charge is 0.335 e. The Balaban J connectivity index is 1.60. The van der Waals surface area contributed by atoms with Crippen molar-refractivity contribution in [2.24, 2.45) is 0 Å². The standard InChI is InChI=1S/C22H22ClN5O4S/c1-3-28-19(13(2)24-20(30)14-4-8-16(23)9-5-14)26-27-22(28)33-12-18(29)25-17-10-6-15(7-11-17)21(31)32/h4-11,13H,3,12H2,1-2H3,(H,24,30)(H,25,29)(H,31,32)/t13-/m1/s1. The maximum absolute atomic E-state index is 12.5. The molecule has 3 N–H and O–H groups in total. The molecule has 0 fully saturated rings. The van der Waals surface area contributed by atoms with Crippen LogP contribution < -0.4 is 10.6 Å². The number of hydrogen-bond acceptors (Lipinski definition) is 6. The summed E-state index contributed by atoms with van der Waals surface area (Å²) in [5.74, 6) is -0.889. The van der Waals surface area contributed by atoms with Crippen molar-refractivity contribution in [3.05, 3.63) is 70.5 Å². The molecule has 0 saturated heterocycles. The van der Waals surface area contributed by atoms with Crippen molar-refractivity contribution in [3.8, 4) is 0 Å². The van der Waals surface area contributed by atoms with Crippen molar-refractivity contribution in [3.63, 3.8) is 0 Å². The summed E-state index contributed by atoms with van der Waals surface area (Å²) in [6.45, 7) is 4.30. The van der Waals surface area contributed by atoms with E-state index in [0.717, 1.165) is 0 Å². The van der Waals surface area contributed by atoms with Crippen LogP contribution in [-0.2, 0) is 11.3 Å². The van der Waals surface area contributed by atoms with Crippen molar-refractivity contribution >= 4 is 46.8 Å². The first-order valence-corrected chi connectivity index (χ1v) is 11.4. The van der Waals surface area contributed by atoms with Crippen LogP contribution in [0.15, 0.2) is 53.7 Å². The highest BCUT2D eigenvalue weighted by Gasteiger charge is 2.20. The average Bonchev–Trinajstić information content (AvgIpc) is 3.21. The first-order chi connectivity index (χ1) is 15.8. The first-order valence-electron chi connectivity index (χ1n) is 10.0. The van der Waals surface area contributed by atoms with Crippen LogP contribution >= 0.6 is 23.4 Å². The Morgan fingerprint density at radius 3 is 2.30 bits per heavy atom. The largest absolute Gasteiger partial charge is 0.478 e. The fourth-order valence-corrected chi connectivity index (χ4v) is 3.93. The van der Waals surface area contributed by atoms with Crippen LogP contribution in [0, 0.1) is 0 Å². The number of carbonyl (C=O) groups is 3. The third kappa shape index (κ3) is 6.33. The van der Waals surface area contributed by atoms with E-state index in [9.17, 15) is 14.4 Å². The molecule has 3 rings (SSSR count). The van der Waals surface area contributed by atoms with Gasteiger partial charge in [-0.2, -0.15) is 0 Å². The minimum Gasteiger partial charge on any atom is -0.478 e. The number of aromatic carboxylic acids is 1. The van der Waals surface area contributed by atoms with Crippen molar-refractivity contribution in [2.45, 2.75) is 31.6 Å². The predicted octanol–water partition coefficient (Wildman–Crippen LogP) is 3.87. The molecule has 0 radical (unpaired) electrons. The molecule has 2 aromatic carbocycles. The van der Waals surface area contributed by atoms with Gasteiger partial charge in [0.2, 0.25) is 5.91 Å². The van der Waals surface area contributed by atoms with Gasteiger partial charge in [-0.05, 0) is 62.4 Å². The Labute approximate surface area is 199 Å². The van der Waals surface area contributed by atoms with Gasteiger partial charge in [-0.25, -0.2) is 4.79 Å². The number of thioether (sulfide) groups is 1. The van der Waals surface area contributed by atoms with Gasteiger partial charge in [-0.1, -0.05) is 23.4 Å². The van der Waals surface area contributed by atoms with E-state index in [4.69, 9.17) is 16.7 Å². The van der Waals surface area contributed by atoms with E-state index < -0.39 is 12.0 Å². The second kappa shape index (κ2) is 11.0. The molecule has 0 unspecified atom stereocenters. The van der Waals surface area contributed by atoms with E-state index in [2.05, 4.69) is 20.8 Å². The van der Waals surface area contributed by atoms with Crippen molar-refractivity contribution in [1.82, 2.24) is 20.1 Å². The van der Waals surface area contributed by atoms with Gasteiger partial charge in [0.15, 0.2) is 11.0 Å². The highest BCUT2D eigenvalue weighted by molar-refractivity contribution is 7.99. The number of carboxylic acid groups (broad SMARTS) is 1. The molecule has 0 aliphatic rings. The lowest BCUT2D eigenvalue weighted by molar-refractivity contribution is -0.113. The molecular weight excluding hydrogens is 466 g/mol. The van der Waals surface area contributed by atoms with Gasteiger partial charge in [-0.3, -0.25) is 9.59 Å². The van der Waals surface area contributed by atoms with Crippen molar-refractivity contribution in [1.29, 1.82) is 0 Å². The minimum absolute atomic E-state index is 0.0876. The van der Waals surface area contributed by atoms with Gasteiger partial charge in [0, 0.05) is 22.8 Å². The molecule has 0 aliphatic carbocycles.